The lowest BCUT2D eigenvalue weighted by atomic mass is 10.1. The van der Waals surface area contributed by atoms with E-state index in [0.717, 1.165) is 18.5 Å². The van der Waals surface area contributed by atoms with E-state index in [0.29, 0.717) is 16.7 Å². The van der Waals surface area contributed by atoms with Crippen molar-refractivity contribution in [1.82, 2.24) is 15.1 Å². The number of aromatic nitrogens is 2. The maximum Gasteiger partial charge on any atom is 0.284 e. The number of carbonyl (C=O) groups excluding carboxylic acids is 1. The zero-order chi connectivity index (χ0) is 15.2. The predicted octanol–water partition coefficient (Wildman–Crippen LogP) is 2.94. The van der Waals surface area contributed by atoms with E-state index in [-0.39, 0.29) is 5.91 Å². The average Bonchev–Trinajstić information content (AvgIpc) is 2.95. The third-order valence-corrected chi connectivity index (χ3v) is 4.02. The molecule has 1 N–H and O–H groups in total. The van der Waals surface area contributed by atoms with Gasteiger partial charge in [-0.3, -0.25) is 4.79 Å². The van der Waals surface area contributed by atoms with Crippen LogP contribution >= 0.6 is 11.3 Å². The molecule has 0 radical (unpaired) electrons. The Kier molecular flexibility index (Phi) is 5.27. The van der Waals surface area contributed by atoms with Gasteiger partial charge in [0.05, 0.1) is 0 Å². The van der Waals surface area contributed by atoms with Crippen molar-refractivity contribution in [3.05, 3.63) is 40.4 Å². The average molecular weight is 304 g/mol. The van der Waals surface area contributed by atoms with E-state index in [1.165, 1.54) is 16.9 Å². The van der Waals surface area contributed by atoms with Crippen molar-refractivity contribution >= 4 is 22.4 Å². The van der Waals surface area contributed by atoms with Crippen LogP contribution in [0.4, 0.5) is 5.13 Å². The van der Waals surface area contributed by atoms with Gasteiger partial charge in [0.2, 0.25) is 10.1 Å². The van der Waals surface area contributed by atoms with Crippen molar-refractivity contribution in [2.24, 2.45) is 0 Å². The van der Waals surface area contributed by atoms with Gasteiger partial charge in [0, 0.05) is 20.1 Å². The standard InChI is InChI=1S/C15H20N4OS/c1-4-9-16-15-18-17-13(21-15)14(20)19(3)10-12-8-6-5-7-11(12)2/h5-8H,4,9-10H2,1-3H3,(H,16,18). The van der Waals surface area contributed by atoms with Gasteiger partial charge in [-0.2, -0.15) is 0 Å². The van der Waals surface area contributed by atoms with Crippen LogP contribution < -0.4 is 5.32 Å². The van der Waals surface area contributed by atoms with Crippen molar-refractivity contribution in [2.75, 3.05) is 18.9 Å². The van der Waals surface area contributed by atoms with Crippen molar-refractivity contribution < 1.29 is 4.79 Å². The Hall–Kier alpha value is -1.95. The maximum absolute atomic E-state index is 12.4. The molecule has 1 amide bonds. The summed E-state index contributed by atoms with van der Waals surface area (Å²) in [6, 6.07) is 8.06. The van der Waals surface area contributed by atoms with Crippen LogP contribution in [0.25, 0.3) is 0 Å². The smallest absolute Gasteiger partial charge is 0.284 e. The van der Waals surface area contributed by atoms with Crippen LogP contribution in [0, 0.1) is 6.92 Å². The molecule has 2 aromatic rings. The highest BCUT2D eigenvalue weighted by Crippen LogP contribution is 2.18. The Labute approximate surface area is 129 Å². The second kappa shape index (κ2) is 7.17. The van der Waals surface area contributed by atoms with E-state index in [2.05, 4.69) is 22.4 Å². The molecule has 0 unspecified atom stereocenters. The molecule has 1 heterocycles. The minimum Gasteiger partial charge on any atom is -0.360 e. The number of nitrogens with zero attached hydrogens (tertiary/aromatic N) is 3. The zero-order valence-corrected chi connectivity index (χ0v) is 13.4. The first-order chi connectivity index (χ1) is 10.1. The van der Waals surface area contributed by atoms with Crippen molar-refractivity contribution in [2.45, 2.75) is 26.8 Å². The molecule has 0 saturated carbocycles. The van der Waals surface area contributed by atoms with Crippen molar-refractivity contribution in [1.29, 1.82) is 0 Å². The van der Waals surface area contributed by atoms with E-state index in [4.69, 9.17) is 0 Å². The monoisotopic (exact) mass is 304 g/mol. The summed E-state index contributed by atoms with van der Waals surface area (Å²) in [5.41, 5.74) is 2.32. The molecule has 0 fully saturated rings. The zero-order valence-electron chi connectivity index (χ0n) is 12.6. The molecule has 21 heavy (non-hydrogen) atoms. The van der Waals surface area contributed by atoms with Gasteiger partial charge < -0.3 is 10.2 Å². The van der Waals surface area contributed by atoms with Gasteiger partial charge in [0.25, 0.3) is 5.91 Å². The summed E-state index contributed by atoms with van der Waals surface area (Å²) in [5.74, 6) is -0.0969. The molecular formula is C15H20N4OS. The molecule has 0 aliphatic heterocycles. The molecule has 2 rings (SSSR count). The highest BCUT2D eigenvalue weighted by Gasteiger charge is 2.17. The van der Waals surface area contributed by atoms with E-state index in [9.17, 15) is 4.79 Å². The van der Waals surface area contributed by atoms with Crippen LogP contribution in [-0.2, 0) is 6.54 Å². The Morgan fingerprint density at radius 3 is 2.81 bits per heavy atom. The summed E-state index contributed by atoms with van der Waals surface area (Å²) >= 11 is 1.30. The minimum absolute atomic E-state index is 0.0969. The summed E-state index contributed by atoms with van der Waals surface area (Å²) in [6.07, 6.45) is 1.01. The molecule has 0 atom stereocenters. The molecule has 0 aliphatic rings. The van der Waals surface area contributed by atoms with Crippen LogP contribution in [0.15, 0.2) is 24.3 Å². The highest BCUT2D eigenvalue weighted by molar-refractivity contribution is 7.17. The van der Waals surface area contributed by atoms with Gasteiger partial charge in [-0.25, -0.2) is 0 Å². The van der Waals surface area contributed by atoms with Gasteiger partial charge in [-0.05, 0) is 24.5 Å². The molecule has 0 saturated heterocycles. The topological polar surface area (TPSA) is 58.1 Å². The van der Waals surface area contributed by atoms with Crippen LogP contribution in [0.1, 0.15) is 34.3 Å². The number of rotatable bonds is 6. The van der Waals surface area contributed by atoms with Crippen molar-refractivity contribution in [3.8, 4) is 0 Å². The van der Waals surface area contributed by atoms with Gasteiger partial charge in [-0.15, -0.1) is 10.2 Å². The summed E-state index contributed by atoms with van der Waals surface area (Å²) in [4.78, 5) is 14.0. The molecule has 112 valence electrons. The lowest BCUT2D eigenvalue weighted by Gasteiger charge is -2.16. The van der Waals surface area contributed by atoms with Gasteiger partial charge >= 0.3 is 0 Å². The molecule has 1 aromatic heterocycles. The lowest BCUT2D eigenvalue weighted by Crippen LogP contribution is -2.26. The van der Waals surface area contributed by atoms with E-state index >= 15 is 0 Å². The third kappa shape index (κ3) is 4.01. The molecule has 5 nitrogen and oxygen atoms in total. The van der Waals surface area contributed by atoms with E-state index < -0.39 is 0 Å². The van der Waals surface area contributed by atoms with Crippen LogP contribution in [-0.4, -0.2) is 34.6 Å². The number of nitrogens with one attached hydrogen (secondary N) is 1. The molecule has 0 bridgehead atoms. The first kappa shape index (κ1) is 15.4. The Bertz CT molecular complexity index is 611. The minimum atomic E-state index is -0.0969. The summed E-state index contributed by atoms with van der Waals surface area (Å²) in [5, 5.41) is 12.2. The Morgan fingerprint density at radius 1 is 1.33 bits per heavy atom. The number of carbonyl (C=O) groups is 1. The Balaban J connectivity index is 2.02. The van der Waals surface area contributed by atoms with Crippen LogP contribution in [0.5, 0.6) is 0 Å². The molecular weight excluding hydrogens is 284 g/mol. The number of benzene rings is 1. The number of hydrogen-bond donors (Lipinski definition) is 1. The summed E-state index contributed by atoms with van der Waals surface area (Å²) in [7, 11) is 1.79. The van der Waals surface area contributed by atoms with Gasteiger partial charge in [0.15, 0.2) is 0 Å². The second-order valence-electron chi connectivity index (χ2n) is 4.93. The largest absolute Gasteiger partial charge is 0.360 e. The summed E-state index contributed by atoms with van der Waals surface area (Å²) < 4.78 is 0. The van der Waals surface area contributed by atoms with Crippen LogP contribution in [0.3, 0.4) is 0 Å². The highest BCUT2D eigenvalue weighted by atomic mass is 32.1. The molecule has 6 heteroatoms. The van der Waals surface area contributed by atoms with Crippen molar-refractivity contribution in [3.63, 3.8) is 0 Å². The number of anilines is 1. The molecule has 1 aromatic carbocycles. The van der Waals surface area contributed by atoms with Gasteiger partial charge in [-0.1, -0.05) is 42.5 Å². The quantitative estimate of drug-likeness (QED) is 0.891. The first-order valence-electron chi connectivity index (χ1n) is 6.99. The van der Waals surface area contributed by atoms with E-state index in [1.807, 2.05) is 31.2 Å². The second-order valence-corrected chi connectivity index (χ2v) is 5.90. The third-order valence-electron chi connectivity index (χ3n) is 3.15. The maximum atomic E-state index is 12.4. The lowest BCUT2D eigenvalue weighted by molar-refractivity contribution is 0.0783. The predicted molar refractivity (Wildman–Crippen MR) is 85.7 cm³/mol. The fourth-order valence-corrected chi connectivity index (χ4v) is 2.65. The number of amides is 1. The normalized spacial score (nSPS) is 10.4. The SMILES string of the molecule is CCCNc1nnc(C(=O)N(C)Cc2ccccc2C)s1. The fourth-order valence-electron chi connectivity index (χ4n) is 1.89. The van der Waals surface area contributed by atoms with E-state index in [1.54, 1.807) is 11.9 Å². The first-order valence-corrected chi connectivity index (χ1v) is 7.80. The van der Waals surface area contributed by atoms with Crippen LogP contribution in [0.2, 0.25) is 0 Å². The Morgan fingerprint density at radius 2 is 2.10 bits per heavy atom. The molecule has 0 spiro atoms. The van der Waals surface area contributed by atoms with Gasteiger partial charge in [0.1, 0.15) is 0 Å². The summed E-state index contributed by atoms with van der Waals surface area (Å²) in [6.45, 7) is 5.53. The molecule has 0 aliphatic carbocycles. The number of aryl methyl sites for hydroxylation is 1. The fraction of sp³-hybridized carbons (Fsp3) is 0.400. The number of hydrogen-bond acceptors (Lipinski definition) is 5.